The van der Waals surface area contributed by atoms with E-state index in [9.17, 15) is 32.4 Å². The Morgan fingerprint density at radius 2 is 1.66 bits per heavy atom. The second-order valence-electron chi connectivity index (χ2n) is 14.7. The highest BCUT2D eigenvalue weighted by molar-refractivity contribution is 7.88. The Hall–Kier alpha value is -2.74. The number of fused-ring (bicyclic) bond motifs is 1. The van der Waals surface area contributed by atoms with Gasteiger partial charge in [0.15, 0.2) is 0 Å². The summed E-state index contributed by atoms with van der Waals surface area (Å²) in [7, 11) is -3.48. The second kappa shape index (κ2) is 13.3. The molecule has 0 aromatic rings. The van der Waals surface area contributed by atoms with E-state index in [0.29, 0.717) is 19.4 Å². The van der Waals surface area contributed by atoms with Crippen molar-refractivity contribution in [1.82, 2.24) is 25.6 Å². The Balaban J connectivity index is 1.81. The number of amides is 5. The van der Waals surface area contributed by atoms with Crippen LogP contribution in [0.4, 0.5) is 4.79 Å². The van der Waals surface area contributed by atoms with Crippen LogP contribution in [-0.4, -0.2) is 86.4 Å². The van der Waals surface area contributed by atoms with E-state index < -0.39 is 69.1 Å². The standard InChI is InChI=1S/C30H52N6O7S/c1-9-16(2)20(14-32-44(8,42)43)34-28(41)35-24(29(3,4)5)27(40)36-15-18-21(30(18,6)7)22(36)26(39)33-19(23(37)25(31)38)13-17-11-10-12-17/h16-22,24,32H,9-15H2,1-8H3,(H2,31,38)(H,33,39)(H2,34,35,41)/t16-,18-,19?,20+,21-,22-,24+/m0/s1. The smallest absolute Gasteiger partial charge is 0.315 e. The van der Waals surface area contributed by atoms with Crippen LogP contribution in [0, 0.1) is 34.5 Å². The molecule has 0 bridgehead atoms. The molecule has 5 amide bonds. The lowest BCUT2D eigenvalue weighted by molar-refractivity contribution is -0.145. The molecule has 2 saturated carbocycles. The first-order chi connectivity index (χ1) is 20.2. The summed E-state index contributed by atoms with van der Waals surface area (Å²) in [6.45, 7) is 13.6. The van der Waals surface area contributed by atoms with Gasteiger partial charge in [-0.05, 0) is 40.9 Å². The first-order valence-corrected chi connectivity index (χ1v) is 17.5. The number of piperidine rings is 1. The summed E-state index contributed by atoms with van der Waals surface area (Å²) in [5.41, 5.74) is 4.36. The van der Waals surface area contributed by atoms with Crippen molar-refractivity contribution in [2.45, 2.75) is 105 Å². The van der Waals surface area contributed by atoms with Crippen LogP contribution in [0.5, 0.6) is 0 Å². The van der Waals surface area contributed by atoms with Gasteiger partial charge in [-0.3, -0.25) is 19.2 Å². The number of urea groups is 1. The summed E-state index contributed by atoms with van der Waals surface area (Å²) < 4.78 is 25.8. The van der Waals surface area contributed by atoms with Crippen LogP contribution >= 0.6 is 0 Å². The molecule has 3 aliphatic rings. The molecule has 1 aliphatic heterocycles. The molecular weight excluding hydrogens is 588 g/mol. The maximum Gasteiger partial charge on any atom is 0.315 e. The van der Waals surface area contributed by atoms with Crippen molar-refractivity contribution in [3.63, 3.8) is 0 Å². The van der Waals surface area contributed by atoms with E-state index in [0.717, 1.165) is 25.5 Å². The summed E-state index contributed by atoms with van der Waals surface area (Å²) in [6, 6.07) is -4.11. The Labute approximate surface area is 261 Å². The zero-order chi connectivity index (χ0) is 33.4. The minimum Gasteiger partial charge on any atom is -0.363 e. The van der Waals surface area contributed by atoms with Crippen LogP contribution in [0.3, 0.4) is 0 Å². The van der Waals surface area contributed by atoms with Gasteiger partial charge in [0.25, 0.3) is 5.91 Å². The van der Waals surface area contributed by atoms with Crippen LogP contribution in [0.15, 0.2) is 0 Å². The van der Waals surface area contributed by atoms with Crippen LogP contribution in [0.1, 0.15) is 80.6 Å². The van der Waals surface area contributed by atoms with Crippen molar-refractivity contribution in [1.29, 1.82) is 0 Å². The molecule has 0 spiro atoms. The van der Waals surface area contributed by atoms with Crippen molar-refractivity contribution in [2.24, 2.45) is 40.2 Å². The summed E-state index contributed by atoms with van der Waals surface area (Å²) in [5, 5.41) is 8.39. The highest BCUT2D eigenvalue weighted by atomic mass is 32.2. The molecule has 1 heterocycles. The number of primary amides is 1. The summed E-state index contributed by atoms with van der Waals surface area (Å²) in [5.74, 6) is -2.82. The van der Waals surface area contributed by atoms with Gasteiger partial charge in [0.2, 0.25) is 27.6 Å². The average Bonchev–Trinajstić information content (AvgIpc) is 3.21. The minimum atomic E-state index is -3.48. The second-order valence-corrected chi connectivity index (χ2v) is 16.6. The number of carbonyl (C=O) groups excluding carboxylic acids is 5. The van der Waals surface area contributed by atoms with E-state index in [1.165, 1.54) is 4.90 Å². The number of nitrogens with one attached hydrogen (secondary N) is 4. The van der Waals surface area contributed by atoms with E-state index in [1.54, 1.807) is 0 Å². The lowest BCUT2D eigenvalue weighted by atomic mass is 9.80. The highest BCUT2D eigenvalue weighted by Gasteiger charge is 2.70. The molecule has 7 atom stereocenters. The van der Waals surface area contributed by atoms with E-state index in [2.05, 4.69) is 20.7 Å². The maximum absolute atomic E-state index is 14.2. The number of hydrogen-bond acceptors (Lipinski definition) is 7. The van der Waals surface area contributed by atoms with E-state index in [1.807, 2.05) is 48.5 Å². The molecular formula is C30H52N6O7S. The van der Waals surface area contributed by atoms with Crippen LogP contribution < -0.4 is 26.4 Å². The van der Waals surface area contributed by atoms with Gasteiger partial charge in [-0.1, -0.05) is 74.1 Å². The zero-order valence-electron chi connectivity index (χ0n) is 27.4. The molecule has 44 heavy (non-hydrogen) atoms. The van der Waals surface area contributed by atoms with Crippen molar-refractivity contribution < 1.29 is 32.4 Å². The molecule has 3 rings (SSSR count). The summed E-state index contributed by atoms with van der Waals surface area (Å²) in [6.07, 6.45) is 4.90. The predicted octanol–water partition coefficient (Wildman–Crippen LogP) is 0.877. The number of likely N-dealkylation sites (tertiary alicyclic amines) is 1. The van der Waals surface area contributed by atoms with E-state index in [4.69, 9.17) is 5.73 Å². The first-order valence-electron chi connectivity index (χ1n) is 15.6. The molecule has 250 valence electrons. The van der Waals surface area contributed by atoms with Gasteiger partial charge in [0, 0.05) is 19.1 Å². The third-order valence-electron chi connectivity index (χ3n) is 10.0. The largest absolute Gasteiger partial charge is 0.363 e. The van der Waals surface area contributed by atoms with Gasteiger partial charge in [0.1, 0.15) is 12.1 Å². The van der Waals surface area contributed by atoms with Crippen molar-refractivity contribution in [3.8, 4) is 0 Å². The minimum absolute atomic E-state index is 0.00570. The molecule has 0 aromatic heterocycles. The molecule has 3 fully saturated rings. The molecule has 6 N–H and O–H groups in total. The predicted molar refractivity (Wildman–Crippen MR) is 165 cm³/mol. The molecule has 0 radical (unpaired) electrons. The van der Waals surface area contributed by atoms with Gasteiger partial charge in [-0.2, -0.15) is 0 Å². The van der Waals surface area contributed by atoms with Crippen LogP contribution in [0.25, 0.3) is 0 Å². The molecule has 1 unspecified atom stereocenters. The average molecular weight is 641 g/mol. The van der Waals surface area contributed by atoms with E-state index in [-0.39, 0.29) is 35.6 Å². The number of sulfonamides is 1. The first kappa shape index (κ1) is 35.7. The number of rotatable bonds is 14. The zero-order valence-corrected chi connectivity index (χ0v) is 28.2. The maximum atomic E-state index is 14.2. The molecule has 13 nitrogen and oxygen atoms in total. The Morgan fingerprint density at radius 1 is 1.05 bits per heavy atom. The van der Waals surface area contributed by atoms with Crippen LogP contribution in [0.2, 0.25) is 0 Å². The molecule has 1 saturated heterocycles. The molecule has 0 aromatic carbocycles. The number of hydrogen-bond donors (Lipinski definition) is 5. The molecule has 14 heteroatoms. The number of nitrogens with two attached hydrogens (primary N) is 1. The Bertz CT molecular complexity index is 1240. The SMILES string of the molecule is CC[C@H](C)[C@@H](CNS(C)(=O)=O)NC(=O)N[C@H](C(=O)N1C[C@H]2[C@@H]([C@H]1C(=O)NC(CC1CCC1)C(=O)C(N)=O)C2(C)C)C(C)(C)C. The Kier molecular flexibility index (Phi) is 10.8. The number of nitrogens with zero attached hydrogens (tertiary/aromatic N) is 1. The quantitative estimate of drug-likeness (QED) is 0.174. The van der Waals surface area contributed by atoms with E-state index >= 15 is 0 Å². The summed E-state index contributed by atoms with van der Waals surface area (Å²) in [4.78, 5) is 67.2. The normalized spacial score (nSPS) is 25.5. The number of ketones is 1. The monoisotopic (exact) mass is 640 g/mol. The van der Waals surface area contributed by atoms with Gasteiger partial charge in [-0.15, -0.1) is 0 Å². The third-order valence-corrected chi connectivity index (χ3v) is 10.7. The fraction of sp³-hybridized carbons (Fsp3) is 0.833. The topological polar surface area (TPSA) is 197 Å². The van der Waals surface area contributed by atoms with Crippen LogP contribution in [-0.2, 0) is 29.2 Å². The van der Waals surface area contributed by atoms with Crippen molar-refractivity contribution in [2.75, 3.05) is 19.3 Å². The lowest BCUT2D eigenvalue weighted by Crippen LogP contribution is -2.62. The third kappa shape index (κ3) is 8.29. The highest BCUT2D eigenvalue weighted by Crippen LogP contribution is 2.65. The fourth-order valence-corrected chi connectivity index (χ4v) is 7.09. The van der Waals surface area contributed by atoms with Crippen molar-refractivity contribution in [3.05, 3.63) is 0 Å². The summed E-state index contributed by atoms with van der Waals surface area (Å²) >= 11 is 0. The number of carbonyl (C=O) groups is 5. The van der Waals surface area contributed by atoms with Crippen molar-refractivity contribution >= 4 is 39.6 Å². The lowest BCUT2D eigenvalue weighted by Gasteiger charge is -2.38. The van der Waals surface area contributed by atoms with Gasteiger partial charge in [-0.25, -0.2) is 17.9 Å². The van der Waals surface area contributed by atoms with Gasteiger partial charge in [0.05, 0.1) is 12.3 Å². The number of Topliss-reactive ketones (excluding diaryl/α,β-unsaturated/α-hetero) is 1. The van der Waals surface area contributed by atoms with Gasteiger partial charge >= 0.3 is 6.03 Å². The Morgan fingerprint density at radius 3 is 2.14 bits per heavy atom. The molecule has 2 aliphatic carbocycles. The van der Waals surface area contributed by atoms with Gasteiger partial charge < -0.3 is 26.6 Å². The fourth-order valence-electron chi connectivity index (χ4n) is 6.61.